The summed E-state index contributed by atoms with van der Waals surface area (Å²) in [6, 6.07) is 10.8. The fraction of sp³-hybridized carbons (Fsp3) is 0. The Morgan fingerprint density at radius 2 is 1.89 bits per heavy atom. The molecule has 1 heterocycles. The van der Waals surface area contributed by atoms with E-state index < -0.39 is 0 Å². The van der Waals surface area contributed by atoms with E-state index in [2.05, 4.69) is 26.2 Å². The standard InChI is InChI=1S/C13H7BrN4/c14-12-8-17-4-3-13(12)18-11-2-1-9(6-15)10(5-11)7-16/h1-5,8H,(H,17,18). The van der Waals surface area contributed by atoms with Gasteiger partial charge in [-0.2, -0.15) is 10.5 Å². The number of benzene rings is 1. The molecule has 18 heavy (non-hydrogen) atoms. The summed E-state index contributed by atoms with van der Waals surface area (Å²) in [7, 11) is 0. The van der Waals surface area contributed by atoms with Crippen LogP contribution in [0.15, 0.2) is 41.1 Å². The Kier molecular flexibility index (Phi) is 3.57. The number of nitrogens with one attached hydrogen (secondary N) is 1. The largest absolute Gasteiger partial charge is 0.354 e. The average Bonchev–Trinajstić information content (AvgIpc) is 2.41. The predicted octanol–water partition coefficient (Wildman–Crippen LogP) is 3.33. The predicted molar refractivity (Wildman–Crippen MR) is 71.1 cm³/mol. The number of hydrogen-bond acceptors (Lipinski definition) is 4. The van der Waals surface area contributed by atoms with Crippen molar-refractivity contribution in [3.8, 4) is 12.1 Å². The maximum Gasteiger partial charge on any atom is 0.101 e. The van der Waals surface area contributed by atoms with E-state index in [0.717, 1.165) is 15.8 Å². The smallest absolute Gasteiger partial charge is 0.101 e. The van der Waals surface area contributed by atoms with Crippen LogP contribution in [-0.2, 0) is 0 Å². The number of hydrogen-bond donors (Lipinski definition) is 1. The van der Waals surface area contributed by atoms with Gasteiger partial charge >= 0.3 is 0 Å². The summed E-state index contributed by atoms with van der Waals surface area (Å²) in [6.45, 7) is 0. The SMILES string of the molecule is N#Cc1ccc(Nc2ccncc2Br)cc1C#N. The number of aromatic nitrogens is 1. The highest BCUT2D eigenvalue weighted by molar-refractivity contribution is 9.10. The molecule has 86 valence electrons. The summed E-state index contributed by atoms with van der Waals surface area (Å²) in [5.74, 6) is 0. The first-order chi connectivity index (χ1) is 8.74. The fourth-order valence-corrected chi connectivity index (χ4v) is 1.79. The zero-order valence-electron chi connectivity index (χ0n) is 9.18. The van der Waals surface area contributed by atoms with Crippen LogP contribution in [-0.4, -0.2) is 4.98 Å². The van der Waals surface area contributed by atoms with Crippen LogP contribution in [0.4, 0.5) is 11.4 Å². The number of nitrogens with zero attached hydrogens (tertiary/aromatic N) is 3. The van der Waals surface area contributed by atoms with Gasteiger partial charge < -0.3 is 5.32 Å². The van der Waals surface area contributed by atoms with Crippen molar-refractivity contribution in [2.24, 2.45) is 0 Å². The summed E-state index contributed by atoms with van der Waals surface area (Å²) < 4.78 is 0.827. The molecule has 2 rings (SSSR count). The number of anilines is 2. The molecule has 0 radical (unpaired) electrons. The van der Waals surface area contributed by atoms with Crippen molar-refractivity contribution in [2.45, 2.75) is 0 Å². The number of halogens is 1. The van der Waals surface area contributed by atoms with Crippen LogP contribution in [0.1, 0.15) is 11.1 Å². The van der Waals surface area contributed by atoms with E-state index in [9.17, 15) is 0 Å². The molecule has 0 atom stereocenters. The van der Waals surface area contributed by atoms with Gasteiger partial charge in [-0.05, 0) is 40.2 Å². The lowest BCUT2D eigenvalue weighted by atomic mass is 10.1. The molecule has 0 bridgehead atoms. The first-order valence-electron chi connectivity index (χ1n) is 5.05. The van der Waals surface area contributed by atoms with Crippen molar-refractivity contribution in [1.82, 2.24) is 4.98 Å². The van der Waals surface area contributed by atoms with Gasteiger partial charge in [0.05, 0.1) is 21.3 Å². The molecule has 0 saturated carbocycles. The zero-order chi connectivity index (χ0) is 13.0. The molecule has 1 N–H and O–H groups in total. The molecule has 1 aromatic carbocycles. The molecule has 0 unspecified atom stereocenters. The molecule has 4 nitrogen and oxygen atoms in total. The number of nitriles is 2. The van der Waals surface area contributed by atoms with Crippen molar-refractivity contribution >= 4 is 27.3 Å². The number of rotatable bonds is 2. The molecule has 2 aromatic rings. The summed E-state index contributed by atoms with van der Waals surface area (Å²) in [4.78, 5) is 3.97. The normalized spacial score (nSPS) is 9.28. The van der Waals surface area contributed by atoms with Crippen molar-refractivity contribution in [3.05, 3.63) is 52.3 Å². The van der Waals surface area contributed by atoms with Crippen molar-refractivity contribution in [2.75, 3.05) is 5.32 Å². The Labute approximate surface area is 113 Å². The van der Waals surface area contributed by atoms with E-state index in [4.69, 9.17) is 10.5 Å². The van der Waals surface area contributed by atoms with Gasteiger partial charge in [0.15, 0.2) is 0 Å². The Morgan fingerprint density at radius 1 is 1.11 bits per heavy atom. The van der Waals surface area contributed by atoms with E-state index in [1.165, 1.54) is 0 Å². The lowest BCUT2D eigenvalue weighted by molar-refractivity contribution is 1.30. The van der Waals surface area contributed by atoms with Gasteiger partial charge in [-0.3, -0.25) is 4.98 Å². The van der Waals surface area contributed by atoms with Gasteiger partial charge in [-0.1, -0.05) is 0 Å². The van der Waals surface area contributed by atoms with Crippen LogP contribution in [0, 0.1) is 22.7 Å². The quantitative estimate of drug-likeness (QED) is 0.923. The monoisotopic (exact) mass is 298 g/mol. The van der Waals surface area contributed by atoms with Gasteiger partial charge in [0.25, 0.3) is 0 Å². The van der Waals surface area contributed by atoms with Crippen molar-refractivity contribution < 1.29 is 0 Å². The lowest BCUT2D eigenvalue weighted by Gasteiger charge is -2.08. The van der Waals surface area contributed by atoms with E-state index in [1.807, 2.05) is 18.2 Å². The van der Waals surface area contributed by atoms with Crippen LogP contribution in [0.5, 0.6) is 0 Å². The second kappa shape index (κ2) is 5.31. The Hall–Kier alpha value is -2.37. The first-order valence-corrected chi connectivity index (χ1v) is 5.84. The van der Waals surface area contributed by atoms with Crippen molar-refractivity contribution in [1.29, 1.82) is 10.5 Å². The summed E-state index contributed by atoms with van der Waals surface area (Å²) in [5, 5.41) is 20.9. The van der Waals surface area contributed by atoms with Crippen LogP contribution in [0.25, 0.3) is 0 Å². The first kappa shape index (κ1) is 12.1. The molecule has 1 aromatic heterocycles. The van der Waals surface area contributed by atoms with Gasteiger partial charge in [0.2, 0.25) is 0 Å². The molecule has 0 aliphatic heterocycles. The minimum atomic E-state index is 0.354. The van der Waals surface area contributed by atoms with Crippen molar-refractivity contribution in [3.63, 3.8) is 0 Å². The highest BCUT2D eigenvalue weighted by Crippen LogP contribution is 2.25. The third-order valence-electron chi connectivity index (χ3n) is 2.31. The summed E-state index contributed by atoms with van der Waals surface area (Å²) in [6.07, 6.45) is 3.35. The van der Waals surface area contributed by atoms with E-state index >= 15 is 0 Å². The maximum absolute atomic E-state index is 8.95. The molecular formula is C13H7BrN4. The molecule has 0 spiro atoms. The van der Waals surface area contributed by atoms with Crippen LogP contribution in [0.2, 0.25) is 0 Å². The lowest BCUT2D eigenvalue weighted by Crippen LogP contribution is -1.93. The van der Waals surface area contributed by atoms with Crippen LogP contribution in [0.3, 0.4) is 0 Å². The summed E-state index contributed by atoms with van der Waals surface area (Å²) >= 11 is 3.38. The van der Waals surface area contributed by atoms with E-state index in [0.29, 0.717) is 11.1 Å². The average molecular weight is 299 g/mol. The number of pyridine rings is 1. The molecule has 0 fully saturated rings. The van der Waals surface area contributed by atoms with E-state index in [-0.39, 0.29) is 0 Å². The Bertz CT molecular complexity index is 667. The zero-order valence-corrected chi connectivity index (χ0v) is 10.8. The Morgan fingerprint density at radius 3 is 2.56 bits per heavy atom. The molecule has 0 amide bonds. The molecular weight excluding hydrogens is 292 g/mol. The van der Waals surface area contributed by atoms with Gasteiger partial charge in [0.1, 0.15) is 12.1 Å². The van der Waals surface area contributed by atoms with E-state index in [1.54, 1.807) is 30.6 Å². The third-order valence-corrected chi connectivity index (χ3v) is 2.94. The highest BCUT2D eigenvalue weighted by atomic mass is 79.9. The highest BCUT2D eigenvalue weighted by Gasteiger charge is 2.04. The second-order valence-electron chi connectivity index (χ2n) is 3.46. The molecule has 0 aliphatic rings. The molecule has 5 heteroatoms. The topological polar surface area (TPSA) is 72.5 Å². The maximum atomic E-state index is 8.95. The molecule has 0 saturated heterocycles. The van der Waals surface area contributed by atoms with Gasteiger partial charge in [-0.15, -0.1) is 0 Å². The fourth-order valence-electron chi connectivity index (χ4n) is 1.44. The second-order valence-corrected chi connectivity index (χ2v) is 4.32. The minimum Gasteiger partial charge on any atom is -0.354 e. The van der Waals surface area contributed by atoms with Crippen LogP contribution < -0.4 is 5.32 Å². The minimum absolute atomic E-state index is 0.354. The van der Waals surface area contributed by atoms with Gasteiger partial charge in [0, 0.05) is 18.1 Å². The van der Waals surface area contributed by atoms with Crippen LogP contribution >= 0.6 is 15.9 Å². The van der Waals surface area contributed by atoms with Gasteiger partial charge in [-0.25, -0.2) is 0 Å². The molecule has 0 aliphatic carbocycles. The Balaban J connectivity index is 2.35. The summed E-state index contributed by atoms with van der Waals surface area (Å²) in [5.41, 5.74) is 2.32. The third kappa shape index (κ3) is 2.48.